The Hall–Kier alpha value is -3.88. The predicted molar refractivity (Wildman–Crippen MR) is 112 cm³/mol. The molecular weight excluding hydrogens is 412 g/mol. The first-order valence-electron chi connectivity index (χ1n) is 10.6. The quantitative estimate of drug-likeness (QED) is 0.350. The van der Waals surface area contributed by atoms with Crippen molar-refractivity contribution in [2.45, 2.75) is 19.3 Å². The van der Waals surface area contributed by atoms with Crippen LogP contribution in [-0.2, 0) is 9.59 Å². The summed E-state index contributed by atoms with van der Waals surface area (Å²) in [6.45, 7) is 0. The Morgan fingerprint density at radius 3 is 2.38 bits per heavy atom. The predicted octanol–water partition coefficient (Wildman–Crippen LogP) is 3.85. The lowest BCUT2D eigenvalue weighted by Crippen LogP contribution is -2.32. The third-order valence-electron chi connectivity index (χ3n) is 7.02. The van der Waals surface area contributed by atoms with Crippen LogP contribution >= 0.6 is 0 Å². The van der Waals surface area contributed by atoms with Crippen molar-refractivity contribution in [3.8, 4) is 22.8 Å². The Kier molecular flexibility index (Phi) is 4.01. The maximum absolute atomic E-state index is 13.1. The van der Waals surface area contributed by atoms with Gasteiger partial charge in [-0.3, -0.25) is 24.6 Å². The molecule has 9 nitrogen and oxygen atoms in total. The molecule has 160 valence electrons. The van der Waals surface area contributed by atoms with E-state index in [0.717, 1.165) is 19.3 Å². The van der Waals surface area contributed by atoms with Crippen molar-refractivity contribution in [2.75, 3.05) is 4.90 Å². The summed E-state index contributed by atoms with van der Waals surface area (Å²) in [7, 11) is 0. The van der Waals surface area contributed by atoms with Gasteiger partial charge < -0.3 is 4.52 Å². The van der Waals surface area contributed by atoms with Crippen LogP contribution in [-0.4, -0.2) is 26.9 Å². The fraction of sp³-hybridized carbons (Fsp3) is 0.304. The highest BCUT2D eigenvalue weighted by Crippen LogP contribution is 2.56. The van der Waals surface area contributed by atoms with Gasteiger partial charge in [0.1, 0.15) is 0 Å². The number of anilines is 1. The van der Waals surface area contributed by atoms with Crippen molar-refractivity contribution >= 4 is 23.2 Å². The summed E-state index contributed by atoms with van der Waals surface area (Å²) in [6.07, 6.45) is 3.05. The molecular formula is C23H18N4O5. The van der Waals surface area contributed by atoms with Gasteiger partial charge in [0, 0.05) is 23.3 Å². The third kappa shape index (κ3) is 2.70. The smallest absolute Gasteiger partial charge is 0.270 e. The van der Waals surface area contributed by atoms with Gasteiger partial charge in [0.2, 0.25) is 17.6 Å². The van der Waals surface area contributed by atoms with Gasteiger partial charge in [-0.1, -0.05) is 23.4 Å². The maximum atomic E-state index is 13.1. The molecule has 2 aliphatic carbocycles. The lowest BCUT2D eigenvalue weighted by atomic mass is 9.81. The lowest BCUT2D eigenvalue weighted by Gasteiger charge is -2.19. The van der Waals surface area contributed by atoms with Gasteiger partial charge in [0.15, 0.2) is 0 Å². The molecule has 1 aromatic heterocycles. The van der Waals surface area contributed by atoms with Crippen molar-refractivity contribution in [1.82, 2.24) is 10.1 Å². The molecule has 3 aliphatic rings. The van der Waals surface area contributed by atoms with E-state index >= 15 is 0 Å². The summed E-state index contributed by atoms with van der Waals surface area (Å²) in [5.74, 6) is 0.481. The molecule has 4 atom stereocenters. The summed E-state index contributed by atoms with van der Waals surface area (Å²) in [5.41, 5.74) is 1.45. The average Bonchev–Trinajstić information content (AvgIpc) is 3.58. The zero-order valence-electron chi connectivity index (χ0n) is 16.9. The fourth-order valence-electron chi connectivity index (χ4n) is 5.66. The Morgan fingerprint density at radius 1 is 0.969 bits per heavy atom. The van der Waals surface area contributed by atoms with Crippen LogP contribution in [0.2, 0.25) is 0 Å². The molecule has 0 N–H and O–H groups in total. The minimum atomic E-state index is -0.487. The zero-order chi connectivity index (χ0) is 22.0. The number of amides is 2. The highest BCUT2D eigenvalue weighted by atomic mass is 16.6. The average molecular weight is 430 g/mol. The van der Waals surface area contributed by atoms with Gasteiger partial charge in [-0.2, -0.15) is 4.98 Å². The van der Waals surface area contributed by atoms with E-state index in [1.165, 1.54) is 17.0 Å². The molecule has 0 spiro atoms. The van der Waals surface area contributed by atoms with Crippen molar-refractivity contribution in [3.05, 3.63) is 58.6 Å². The zero-order valence-corrected chi connectivity index (χ0v) is 16.9. The number of benzene rings is 2. The number of carbonyl (C=O) groups excluding carboxylic acids is 2. The second kappa shape index (κ2) is 6.81. The number of nitrogens with zero attached hydrogens (tertiary/aromatic N) is 4. The Bertz CT molecular complexity index is 1260. The summed E-state index contributed by atoms with van der Waals surface area (Å²) >= 11 is 0. The van der Waals surface area contributed by atoms with Crippen LogP contribution in [0, 0.1) is 33.8 Å². The van der Waals surface area contributed by atoms with Gasteiger partial charge in [0.25, 0.3) is 11.6 Å². The fourth-order valence-corrected chi connectivity index (χ4v) is 5.66. The van der Waals surface area contributed by atoms with E-state index in [-0.39, 0.29) is 41.1 Å². The highest BCUT2D eigenvalue weighted by Gasteiger charge is 2.61. The van der Waals surface area contributed by atoms with E-state index in [0.29, 0.717) is 28.7 Å². The molecule has 9 heteroatoms. The Labute approximate surface area is 182 Å². The molecule has 1 aliphatic heterocycles. The van der Waals surface area contributed by atoms with Crippen LogP contribution in [0.15, 0.2) is 53.1 Å². The summed E-state index contributed by atoms with van der Waals surface area (Å²) < 4.78 is 5.38. The van der Waals surface area contributed by atoms with Crippen molar-refractivity contribution < 1.29 is 19.0 Å². The second-order valence-electron chi connectivity index (χ2n) is 8.68. The van der Waals surface area contributed by atoms with Crippen molar-refractivity contribution in [1.29, 1.82) is 0 Å². The summed E-state index contributed by atoms with van der Waals surface area (Å²) in [6, 6.07) is 12.9. The molecule has 0 unspecified atom stereocenters. The number of nitro groups is 1. The van der Waals surface area contributed by atoms with E-state index in [1.807, 2.05) is 0 Å². The van der Waals surface area contributed by atoms with Gasteiger partial charge in [0.05, 0.1) is 22.4 Å². The first-order chi connectivity index (χ1) is 15.5. The molecule has 32 heavy (non-hydrogen) atoms. The number of nitro benzene ring substituents is 1. The molecule has 2 heterocycles. The molecule has 2 aromatic carbocycles. The summed E-state index contributed by atoms with van der Waals surface area (Å²) in [4.78, 5) is 42.4. The second-order valence-corrected chi connectivity index (χ2v) is 8.68. The first kappa shape index (κ1) is 18.9. The van der Waals surface area contributed by atoms with E-state index in [1.54, 1.807) is 36.4 Å². The highest BCUT2D eigenvalue weighted by molar-refractivity contribution is 6.22. The number of rotatable bonds is 4. The number of carbonyl (C=O) groups is 2. The van der Waals surface area contributed by atoms with Gasteiger partial charge in [-0.05, 0) is 49.3 Å². The minimum Gasteiger partial charge on any atom is -0.334 e. The molecule has 3 aromatic rings. The number of hydrogen-bond donors (Lipinski definition) is 0. The van der Waals surface area contributed by atoms with Crippen molar-refractivity contribution in [3.63, 3.8) is 0 Å². The molecule has 1 saturated heterocycles. The molecule has 3 fully saturated rings. The largest absolute Gasteiger partial charge is 0.334 e. The third-order valence-corrected chi connectivity index (χ3v) is 7.02. The van der Waals surface area contributed by atoms with Gasteiger partial charge >= 0.3 is 0 Å². The first-order valence-corrected chi connectivity index (χ1v) is 10.6. The monoisotopic (exact) mass is 430 g/mol. The van der Waals surface area contributed by atoms with Crippen LogP contribution < -0.4 is 4.90 Å². The summed E-state index contributed by atoms with van der Waals surface area (Å²) in [5, 5.41) is 15.0. The molecule has 6 rings (SSSR count). The van der Waals surface area contributed by atoms with Gasteiger partial charge in [-0.25, -0.2) is 0 Å². The standard InChI is InChI=1S/C23H18N4O5/c28-22-18-12-7-8-13(9-12)19(18)23(29)26(22)16-5-2-4-15(11-16)21-24-20(25-32-21)14-3-1-6-17(10-14)27(30)31/h1-6,10-13,18-19H,7-9H2/t12-,13-,18-,19+/m0/s1. The number of hydrogen-bond acceptors (Lipinski definition) is 7. The molecule has 0 radical (unpaired) electrons. The van der Waals surface area contributed by atoms with Crippen LogP contribution in [0.25, 0.3) is 22.8 Å². The van der Waals surface area contributed by atoms with E-state index in [4.69, 9.17) is 4.52 Å². The molecule has 2 amide bonds. The van der Waals surface area contributed by atoms with Crippen LogP contribution in [0.1, 0.15) is 19.3 Å². The molecule has 2 saturated carbocycles. The normalized spacial score (nSPS) is 26.1. The SMILES string of the molecule is O=C1[C@@H]2[C@H]3CC[C@@H](C3)[C@@H]2C(=O)N1c1cccc(-c2nc(-c3cccc([N+](=O)[O-])c3)no2)c1. The van der Waals surface area contributed by atoms with Gasteiger partial charge in [-0.15, -0.1) is 0 Å². The maximum Gasteiger partial charge on any atom is 0.270 e. The van der Waals surface area contributed by atoms with Crippen LogP contribution in [0.5, 0.6) is 0 Å². The van der Waals surface area contributed by atoms with E-state index in [2.05, 4.69) is 10.1 Å². The number of aromatic nitrogens is 2. The Balaban J connectivity index is 1.31. The minimum absolute atomic E-state index is 0.0681. The van der Waals surface area contributed by atoms with E-state index < -0.39 is 4.92 Å². The van der Waals surface area contributed by atoms with Crippen LogP contribution in [0.4, 0.5) is 11.4 Å². The number of imide groups is 1. The lowest BCUT2D eigenvalue weighted by molar-refractivity contribution is -0.384. The topological polar surface area (TPSA) is 119 Å². The number of non-ortho nitro benzene ring substituents is 1. The van der Waals surface area contributed by atoms with Crippen LogP contribution in [0.3, 0.4) is 0 Å². The molecule has 2 bridgehead atoms. The number of fused-ring (bicyclic) bond motifs is 5. The van der Waals surface area contributed by atoms with E-state index in [9.17, 15) is 19.7 Å². The Morgan fingerprint density at radius 2 is 1.66 bits per heavy atom. The van der Waals surface area contributed by atoms with Crippen molar-refractivity contribution in [2.24, 2.45) is 23.7 Å².